The third kappa shape index (κ3) is 1.65. The van der Waals surface area contributed by atoms with Gasteiger partial charge in [0.15, 0.2) is 0 Å². The Morgan fingerprint density at radius 3 is 2.86 bits per heavy atom. The number of hydrogen-bond donors (Lipinski definition) is 1. The Hall–Kier alpha value is -0.570. The summed E-state index contributed by atoms with van der Waals surface area (Å²) in [7, 11) is 0. The highest BCUT2D eigenvalue weighted by Gasteiger charge is 2.50. The van der Waals surface area contributed by atoms with Crippen LogP contribution in [0.2, 0.25) is 0 Å². The number of carbonyl (C=O) groups is 1. The van der Waals surface area contributed by atoms with Crippen molar-refractivity contribution in [3.8, 4) is 0 Å². The Bertz CT molecular complexity index is 239. The largest absolute Gasteiger partial charge is 0.466 e. The van der Waals surface area contributed by atoms with Gasteiger partial charge in [-0.3, -0.25) is 4.79 Å². The van der Waals surface area contributed by atoms with Crippen molar-refractivity contribution in [3.63, 3.8) is 0 Å². The van der Waals surface area contributed by atoms with Gasteiger partial charge in [-0.1, -0.05) is 0 Å². The van der Waals surface area contributed by atoms with Crippen LogP contribution >= 0.6 is 0 Å². The summed E-state index contributed by atoms with van der Waals surface area (Å²) in [5.74, 6) is 0.749. The molecule has 0 aromatic carbocycles. The second kappa shape index (κ2) is 3.54. The van der Waals surface area contributed by atoms with Gasteiger partial charge in [0.25, 0.3) is 0 Å². The molecule has 2 rings (SSSR count). The molecule has 3 atom stereocenters. The first-order valence-electron chi connectivity index (χ1n) is 5.52. The fraction of sp³-hybridized carbons (Fsp3) is 0.909. The van der Waals surface area contributed by atoms with Crippen molar-refractivity contribution >= 4 is 5.97 Å². The van der Waals surface area contributed by atoms with Gasteiger partial charge in [0, 0.05) is 0 Å². The summed E-state index contributed by atoms with van der Waals surface area (Å²) in [5.41, 5.74) is -0.741. The van der Waals surface area contributed by atoms with E-state index in [-0.39, 0.29) is 12.4 Å². The number of aliphatic hydroxyl groups is 1. The van der Waals surface area contributed by atoms with Crippen molar-refractivity contribution in [2.45, 2.75) is 44.6 Å². The molecule has 2 bridgehead atoms. The molecule has 0 aliphatic heterocycles. The van der Waals surface area contributed by atoms with Crippen LogP contribution in [0.4, 0.5) is 0 Å². The van der Waals surface area contributed by atoms with E-state index in [1.165, 1.54) is 6.42 Å². The molecule has 2 aliphatic carbocycles. The number of carbonyl (C=O) groups excluding carboxylic acids is 1. The second-order valence-corrected chi connectivity index (χ2v) is 4.67. The van der Waals surface area contributed by atoms with Crippen molar-refractivity contribution < 1.29 is 14.6 Å². The lowest BCUT2D eigenvalue weighted by Crippen LogP contribution is -2.37. The molecule has 0 aromatic heterocycles. The number of rotatable bonds is 3. The zero-order valence-electron chi connectivity index (χ0n) is 8.66. The van der Waals surface area contributed by atoms with Crippen molar-refractivity contribution in [1.82, 2.24) is 0 Å². The minimum Gasteiger partial charge on any atom is -0.466 e. The highest BCUT2D eigenvalue weighted by Crippen LogP contribution is 2.52. The molecule has 3 unspecified atom stereocenters. The van der Waals surface area contributed by atoms with Gasteiger partial charge >= 0.3 is 5.97 Å². The smallest absolute Gasteiger partial charge is 0.308 e. The van der Waals surface area contributed by atoms with E-state index in [4.69, 9.17) is 4.74 Å². The van der Waals surface area contributed by atoms with Gasteiger partial charge in [0.05, 0.1) is 18.6 Å². The molecule has 2 saturated carbocycles. The van der Waals surface area contributed by atoms with Gasteiger partial charge in [0.2, 0.25) is 0 Å². The summed E-state index contributed by atoms with van der Waals surface area (Å²) in [5, 5.41) is 10.3. The average Bonchev–Trinajstić information content (AvgIpc) is 2.62. The van der Waals surface area contributed by atoms with Crippen molar-refractivity contribution in [2.24, 2.45) is 11.8 Å². The maximum Gasteiger partial charge on any atom is 0.308 e. The summed E-state index contributed by atoms with van der Waals surface area (Å²) in [6, 6.07) is 0. The van der Waals surface area contributed by atoms with Gasteiger partial charge in [-0.25, -0.2) is 0 Å². The van der Waals surface area contributed by atoms with Crippen molar-refractivity contribution in [2.75, 3.05) is 6.61 Å². The zero-order valence-corrected chi connectivity index (χ0v) is 8.66. The fourth-order valence-corrected chi connectivity index (χ4v) is 3.09. The van der Waals surface area contributed by atoms with Crippen LogP contribution < -0.4 is 0 Å². The molecule has 0 heterocycles. The Labute approximate surface area is 84.4 Å². The Balaban J connectivity index is 1.93. The quantitative estimate of drug-likeness (QED) is 0.699. The number of hydrogen-bond acceptors (Lipinski definition) is 3. The lowest BCUT2D eigenvalue weighted by molar-refractivity contribution is -0.151. The molecule has 1 N–H and O–H groups in total. The molecule has 0 radical (unpaired) electrons. The first-order chi connectivity index (χ1) is 6.64. The van der Waals surface area contributed by atoms with E-state index in [0.29, 0.717) is 18.4 Å². The van der Waals surface area contributed by atoms with Gasteiger partial charge in [-0.2, -0.15) is 0 Å². The SMILES string of the molecule is CCOC(=O)CC1(O)CC2CCC1C2. The molecule has 3 heteroatoms. The van der Waals surface area contributed by atoms with E-state index in [9.17, 15) is 9.90 Å². The Morgan fingerprint density at radius 2 is 2.36 bits per heavy atom. The lowest BCUT2D eigenvalue weighted by Gasteiger charge is -2.31. The predicted molar refractivity (Wildman–Crippen MR) is 51.6 cm³/mol. The summed E-state index contributed by atoms with van der Waals surface area (Å²) in [4.78, 5) is 11.3. The standard InChI is InChI=1S/C11H18O3/c1-2-14-10(12)7-11(13)6-8-3-4-9(11)5-8/h8-9,13H,2-7H2,1H3. The zero-order chi connectivity index (χ0) is 10.2. The highest BCUT2D eigenvalue weighted by atomic mass is 16.5. The Morgan fingerprint density at radius 1 is 1.57 bits per heavy atom. The highest BCUT2D eigenvalue weighted by molar-refractivity contribution is 5.70. The summed E-state index contributed by atoms with van der Waals surface area (Å²) >= 11 is 0. The number of fused-ring (bicyclic) bond motifs is 2. The monoisotopic (exact) mass is 198 g/mol. The van der Waals surface area contributed by atoms with Gasteiger partial charge in [-0.15, -0.1) is 0 Å². The number of esters is 1. The van der Waals surface area contributed by atoms with E-state index >= 15 is 0 Å². The van der Waals surface area contributed by atoms with Crippen LogP contribution in [0.5, 0.6) is 0 Å². The van der Waals surface area contributed by atoms with Gasteiger partial charge in [0.1, 0.15) is 0 Å². The summed E-state index contributed by atoms with van der Waals surface area (Å²) < 4.78 is 4.88. The average molecular weight is 198 g/mol. The topological polar surface area (TPSA) is 46.5 Å². The van der Waals surface area contributed by atoms with E-state index < -0.39 is 5.60 Å². The van der Waals surface area contributed by atoms with Crippen LogP contribution in [0.1, 0.15) is 39.0 Å². The van der Waals surface area contributed by atoms with E-state index in [0.717, 1.165) is 19.3 Å². The van der Waals surface area contributed by atoms with E-state index in [1.54, 1.807) is 6.92 Å². The van der Waals surface area contributed by atoms with Gasteiger partial charge < -0.3 is 9.84 Å². The minimum absolute atomic E-state index is 0.196. The molecule has 14 heavy (non-hydrogen) atoms. The fourth-order valence-electron chi connectivity index (χ4n) is 3.09. The Kier molecular flexibility index (Phi) is 2.52. The third-order valence-electron chi connectivity index (χ3n) is 3.70. The molecular weight excluding hydrogens is 180 g/mol. The van der Waals surface area contributed by atoms with E-state index in [2.05, 4.69) is 0 Å². The number of ether oxygens (including phenoxy) is 1. The van der Waals surface area contributed by atoms with Gasteiger partial charge in [-0.05, 0) is 44.4 Å². The molecule has 2 fully saturated rings. The predicted octanol–water partition coefficient (Wildman–Crippen LogP) is 1.49. The van der Waals surface area contributed by atoms with Crippen LogP contribution in [-0.4, -0.2) is 23.3 Å². The van der Waals surface area contributed by atoms with Crippen molar-refractivity contribution in [3.05, 3.63) is 0 Å². The maximum absolute atomic E-state index is 11.3. The van der Waals surface area contributed by atoms with Crippen LogP contribution in [0.25, 0.3) is 0 Å². The molecule has 80 valence electrons. The minimum atomic E-state index is -0.741. The normalized spacial score (nSPS) is 40.1. The summed E-state index contributed by atoms with van der Waals surface area (Å²) in [6.45, 7) is 2.20. The molecule has 0 aromatic rings. The first kappa shape index (κ1) is 9.97. The molecule has 2 aliphatic rings. The third-order valence-corrected chi connectivity index (χ3v) is 3.70. The van der Waals surface area contributed by atoms with Crippen LogP contribution in [0.3, 0.4) is 0 Å². The molecule has 0 amide bonds. The van der Waals surface area contributed by atoms with Crippen LogP contribution in [0, 0.1) is 11.8 Å². The first-order valence-corrected chi connectivity index (χ1v) is 5.52. The van der Waals surface area contributed by atoms with E-state index in [1.807, 2.05) is 0 Å². The molecular formula is C11H18O3. The molecule has 0 saturated heterocycles. The lowest BCUT2D eigenvalue weighted by atomic mass is 9.82. The summed E-state index contributed by atoms with van der Waals surface area (Å²) in [6.07, 6.45) is 4.42. The van der Waals surface area contributed by atoms with Crippen LogP contribution in [0.15, 0.2) is 0 Å². The van der Waals surface area contributed by atoms with Crippen LogP contribution in [-0.2, 0) is 9.53 Å². The van der Waals surface area contributed by atoms with Crippen molar-refractivity contribution in [1.29, 1.82) is 0 Å². The molecule has 3 nitrogen and oxygen atoms in total. The molecule has 0 spiro atoms. The maximum atomic E-state index is 11.3. The second-order valence-electron chi connectivity index (χ2n) is 4.67.